The van der Waals surface area contributed by atoms with Crippen molar-refractivity contribution in [1.82, 2.24) is 0 Å². The first-order chi connectivity index (χ1) is 9.38. The number of hydrogen-bond donors (Lipinski definition) is 1. The summed E-state index contributed by atoms with van der Waals surface area (Å²) in [6, 6.07) is 5.04. The molecule has 0 aliphatic carbocycles. The molecule has 2 rings (SSSR count). The van der Waals surface area contributed by atoms with Crippen molar-refractivity contribution in [1.29, 1.82) is 5.26 Å². The van der Waals surface area contributed by atoms with Gasteiger partial charge in [0.05, 0.1) is 29.8 Å². The molecule has 1 aromatic rings. The number of aliphatic hydroxyl groups is 1. The first-order valence-electron chi connectivity index (χ1n) is 6.37. The van der Waals surface area contributed by atoms with Gasteiger partial charge in [-0.1, -0.05) is 6.92 Å². The van der Waals surface area contributed by atoms with Gasteiger partial charge in [-0.3, -0.25) is 0 Å². The molecule has 0 spiro atoms. The molecular formula is C14H15F3N2O. The first-order valence-corrected chi connectivity index (χ1v) is 6.37. The monoisotopic (exact) mass is 284 g/mol. The Morgan fingerprint density at radius 3 is 2.70 bits per heavy atom. The van der Waals surface area contributed by atoms with Crippen LogP contribution in [-0.4, -0.2) is 24.3 Å². The van der Waals surface area contributed by atoms with Crippen molar-refractivity contribution >= 4 is 5.69 Å². The van der Waals surface area contributed by atoms with Crippen LogP contribution >= 0.6 is 0 Å². The topological polar surface area (TPSA) is 47.3 Å². The number of hydrogen-bond acceptors (Lipinski definition) is 3. The van der Waals surface area contributed by atoms with Crippen LogP contribution in [0.25, 0.3) is 0 Å². The average molecular weight is 284 g/mol. The Labute approximate surface area is 115 Å². The van der Waals surface area contributed by atoms with Gasteiger partial charge in [0, 0.05) is 12.2 Å². The van der Waals surface area contributed by atoms with E-state index in [0.29, 0.717) is 12.2 Å². The molecule has 1 heterocycles. The van der Waals surface area contributed by atoms with Crippen LogP contribution in [0.1, 0.15) is 24.5 Å². The van der Waals surface area contributed by atoms with Gasteiger partial charge >= 0.3 is 6.18 Å². The molecule has 1 N–H and O–H groups in total. The van der Waals surface area contributed by atoms with E-state index in [1.54, 1.807) is 6.07 Å². The van der Waals surface area contributed by atoms with Crippen LogP contribution in [0.3, 0.4) is 0 Å². The van der Waals surface area contributed by atoms with E-state index in [1.807, 2.05) is 11.8 Å². The van der Waals surface area contributed by atoms with Gasteiger partial charge in [-0.15, -0.1) is 0 Å². The van der Waals surface area contributed by atoms with Crippen LogP contribution < -0.4 is 4.90 Å². The normalized spacial score (nSPS) is 22.9. The highest BCUT2D eigenvalue weighted by atomic mass is 19.4. The lowest BCUT2D eigenvalue weighted by molar-refractivity contribution is -0.137. The van der Waals surface area contributed by atoms with Gasteiger partial charge in [0.15, 0.2) is 0 Å². The Morgan fingerprint density at radius 2 is 2.15 bits per heavy atom. The van der Waals surface area contributed by atoms with Crippen LogP contribution in [0, 0.1) is 17.2 Å². The zero-order valence-electron chi connectivity index (χ0n) is 11.0. The standard InChI is InChI=1S/C14H15F3N2O/c1-9-4-5-19(13(9)8-20)11-2-3-12(14(15,16)17)10(6-11)7-18/h2-3,6,9,13,20H,4-5,8H2,1H3. The fourth-order valence-corrected chi connectivity index (χ4v) is 2.66. The quantitative estimate of drug-likeness (QED) is 0.908. The van der Waals surface area contributed by atoms with Crippen molar-refractivity contribution in [2.24, 2.45) is 5.92 Å². The van der Waals surface area contributed by atoms with Gasteiger partial charge in [0.1, 0.15) is 0 Å². The van der Waals surface area contributed by atoms with E-state index < -0.39 is 11.7 Å². The molecule has 1 aliphatic heterocycles. The molecule has 2 atom stereocenters. The van der Waals surface area contributed by atoms with E-state index in [0.717, 1.165) is 12.5 Å². The molecular weight excluding hydrogens is 269 g/mol. The Morgan fingerprint density at radius 1 is 1.45 bits per heavy atom. The van der Waals surface area contributed by atoms with Crippen molar-refractivity contribution in [3.63, 3.8) is 0 Å². The molecule has 0 amide bonds. The van der Waals surface area contributed by atoms with Gasteiger partial charge in [0.2, 0.25) is 0 Å². The molecule has 0 bridgehead atoms. The molecule has 108 valence electrons. The number of aliphatic hydroxyl groups excluding tert-OH is 1. The smallest absolute Gasteiger partial charge is 0.394 e. The van der Waals surface area contributed by atoms with E-state index >= 15 is 0 Å². The Bertz CT molecular complexity index is 536. The SMILES string of the molecule is CC1CCN(c2ccc(C(F)(F)F)c(C#N)c2)C1CO. The van der Waals surface area contributed by atoms with Gasteiger partial charge < -0.3 is 10.0 Å². The molecule has 3 nitrogen and oxygen atoms in total. The molecule has 2 unspecified atom stereocenters. The molecule has 0 aromatic heterocycles. The van der Waals surface area contributed by atoms with E-state index in [4.69, 9.17) is 5.26 Å². The Kier molecular flexibility index (Phi) is 3.91. The molecule has 20 heavy (non-hydrogen) atoms. The summed E-state index contributed by atoms with van der Waals surface area (Å²) in [6.45, 7) is 2.61. The molecule has 0 radical (unpaired) electrons. The van der Waals surface area contributed by atoms with Crippen molar-refractivity contribution < 1.29 is 18.3 Å². The van der Waals surface area contributed by atoms with Crippen molar-refractivity contribution in [3.8, 4) is 6.07 Å². The fraction of sp³-hybridized carbons (Fsp3) is 0.500. The number of anilines is 1. The lowest BCUT2D eigenvalue weighted by Crippen LogP contribution is -2.35. The van der Waals surface area contributed by atoms with Gasteiger partial charge in [-0.2, -0.15) is 18.4 Å². The maximum Gasteiger partial charge on any atom is 0.417 e. The minimum atomic E-state index is -4.53. The van der Waals surface area contributed by atoms with Crippen LogP contribution in [0.4, 0.5) is 18.9 Å². The van der Waals surface area contributed by atoms with E-state index in [2.05, 4.69) is 0 Å². The van der Waals surface area contributed by atoms with Crippen molar-refractivity contribution in [2.45, 2.75) is 25.6 Å². The highest BCUT2D eigenvalue weighted by Gasteiger charge is 2.35. The third kappa shape index (κ3) is 2.59. The summed E-state index contributed by atoms with van der Waals surface area (Å²) in [5.41, 5.74) is -0.749. The molecule has 0 saturated carbocycles. The molecule has 6 heteroatoms. The van der Waals surface area contributed by atoms with E-state index in [1.165, 1.54) is 12.1 Å². The predicted molar refractivity (Wildman–Crippen MR) is 68.2 cm³/mol. The second-order valence-corrected chi connectivity index (χ2v) is 5.05. The van der Waals surface area contributed by atoms with Crippen LogP contribution in [0.2, 0.25) is 0 Å². The van der Waals surface area contributed by atoms with Gasteiger partial charge in [-0.05, 0) is 30.5 Å². The maximum absolute atomic E-state index is 12.7. The number of halogens is 3. The first kappa shape index (κ1) is 14.7. The van der Waals surface area contributed by atoms with Gasteiger partial charge in [0.25, 0.3) is 0 Å². The summed E-state index contributed by atoms with van der Waals surface area (Å²) >= 11 is 0. The van der Waals surface area contributed by atoms with Crippen LogP contribution in [0.15, 0.2) is 18.2 Å². The van der Waals surface area contributed by atoms with Crippen LogP contribution in [0.5, 0.6) is 0 Å². The summed E-state index contributed by atoms with van der Waals surface area (Å²) < 4.78 is 38.2. The second-order valence-electron chi connectivity index (χ2n) is 5.05. The maximum atomic E-state index is 12.7. The number of alkyl halides is 3. The van der Waals surface area contributed by atoms with Gasteiger partial charge in [-0.25, -0.2) is 0 Å². The minimum Gasteiger partial charge on any atom is -0.394 e. The third-order valence-electron chi connectivity index (χ3n) is 3.83. The zero-order chi connectivity index (χ0) is 14.9. The summed E-state index contributed by atoms with van der Waals surface area (Å²) in [5, 5.41) is 18.3. The number of rotatable bonds is 2. The predicted octanol–water partition coefficient (Wildman–Crippen LogP) is 2.78. The lowest BCUT2D eigenvalue weighted by Gasteiger charge is -2.27. The highest BCUT2D eigenvalue weighted by Crippen LogP contribution is 2.36. The minimum absolute atomic E-state index is 0.0515. The summed E-state index contributed by atoms with van der Waals surface area (Å²) in [4.78, 5) is 1.87. The van der Waals surface area contributed by atoms with E-state index in [9.17, 15) is 18.3 Å². The van der Waals surface area contributed by atoms with Crippen molar-refractivity contribution in [3.05, 3.63) is 29.3 Å². The lowest BCUT2D eigenvalue weighted by atomic mass is 10.0. The molecule has 1 aromatic carbocycles. The summed E-state index contributed by atoms with van der Waals surface area (Å²) in [7, 11) is 0. The summed E-state index contributed by atoms with van der Waals surface area (Å²) in [5.74, 6) is 0.271. The van der Waals surface area contributed by atoms with Crippen molar-refractivity contribution in [2.75, 3.05) is 18.1 Å². The number of nitriles is 1. The second kappa shape index (κ2) is 5.33. The summed E-state index contributed by atoms with van der Waals surface area (Å²) in [6.07, 6.45) is -3.66. The molecule has 1 fully saturated rings. The molecule has 1 saturated heterocycles. The third-order valence-corrected chi connectivity index (χ3v) is 3.83. The van der Waals surface area contributed by atoms with Crippen LogP contribution in [-0.2, 0) is 6.18 Å². The zero-order valence-corrected chi connectivity index (χ0v) is 11.0. The van der Waals surface area contributed by atoms with E-state index in [-0.39, 0.29) is 24.1 Å². The highest BCUT2D eigenvalue weighted by molar-refractivity contribution is 5.56. The Hall–Kier alpha value is -1.74. The number of benzene rings is 1. The fourth-order valence-electron chi connectivity index (χ4n) is 2.66. The molecule has 1 aliphatic rings. The Balaban J connectivity index is 2.38. The number of nitrogens with zero attached hydrogens (tertiary/aromatic N) is 2. The largest absolute Gasteiger partial charge is 0.417 e. The average Bonchev–Trinajstić information content (AvgIpc) is 2.78.